The summed E-state index contributed by atoms with van der Waals surface area (Å²) in [5.74, 6) is 0.849. The van der Waals surface area contributed by atoms with Gasteiger partial charge >= 0.3 is 0 Å². The van der Waals surface area contributed by atoms with Crippen LogP contribution in [0, 0.1) is 5.92 Å². The van der Waals surface area contributed by atoms with Gasteiger partial charge in [-0.15, -0.1) is 11.3 Å². The van der Waals surface area contributed by atoms with Crippen molar-refractivity contribution in [3.63, 3.8) is 0 Å². The van der Waals surface area contributed by atoms with Crippen LogP contribution < -0.4 is 5.32 Å². The summed E-state index contributed by atoms with van der Waals surface area (Å²) in [7, 11) is 0. The van der Waals surface area contributed by atoms with Crippen LogP contribution in [0.1, 0.15) is 25.1 Å². The van der Waals surface area contributed by atoms with Crippen LogP contribution in [0.3, 0.4) is 0 Å². The monoisotopic (exact) mass is 238 g/mol. The zero-order valence-electron chi connectivity index (χ0n) is 10.3. The smallest absolute Gasteiger partial charge is 0.0299 e. The highest BCUT2D eigenvalue weighted by Crippen LogP contribution is 2.17. The number of nitrogens with zero attached hydrogens (tertiary/aromatic N) is 1. The van der Waals surface area contributed by atoms with Crippen LogP contribution in [0.4, 0.5) is 0 Å². The summed E-state index contributed by atoms with van der Waals surface area (Å²) in [6, 6.07) is 5.03. The van der Waals surface area contributed by atoms with E-state index in [1.807, 2.05) is 11.3 Å². The SMILES string of the molecule is CC(C)N1CCC(CNCc2cccs2)C1. The van der Waals surface area contributed by atoms with E-state index in [4.69, 9.17) is 0 Å². The molecule has 1 saturated heterocycles. The zero-order chi connectivity index (χ0) is 11.4. The van der Waals surface area contributed by atoms with E-state index in [9.17, 15) is 0 Å². The van der Waals surface area contributed by atoms with Crippen molar-refractivity contribution in [3.8, 4) is 0 Å². The van der Waals surface area contributed by atoms with E-state index in [1.165, 1.54) is 30.9 Å². The summed E-state index contributed by atoms with van der Waals surface area (Å²) in [4.78, 5) is 4.02. The molecule has 0 spiro atoms. The van der Waals surface area contributed by atoms with Gasteiger partial charge in [0, 0.05) is 24.0 Å². The van der Waals surface area contributed by atoms with E-state index in [0.29, 0.717) is 6.04 Å². The first-order valence-electron chi connectivity index (χ1n) is 6.23. The maximum atomic E-state index is 3.57. The minimum absolute atomic E-state index is 0.710. The second-order valence-electron chi connectivity index (χ2n) is 4.95. The van der Waals surface area contributed by atoms with Crippen LogP contribution in [0.2, 0.25) is 0 Å². The van der Waals surface area contributed by atoms with Crippen molar-refractivity contribution >= 4 is 11.3 Å². The third-order valence-corrected chi connectivity index (χ3v) is 4.24. The Balaban J connectivity index is 1.64. The number of hydrogen-bond acceptors (Lipinski definition) is 3. The quantitative estimate of drug-likeness (QED) is 0.848. The first-order chi connectivity index (χ1) is 7.75. The number of likely N-dealkylation sites (tertiary alicyclic amines) is 1. The van der Waals surface area contributed by atoms with Crippen molar-refractivity contribution in [2.45, 2.75) is 32.9 Å². The van der Waals surface area contributed by atoms with E-state index < -0.39 is 0 Å². The molecular weight excluding hydrogens is 216 g/mol. The van der Waals surface area contributed by atoms with E-state index in [-0.39, 0.29) is 0 Å². The first kappa shape index (κ1) is 12.1. The average Bonchev–Trinajstić information content (AvgIpc) is 2.87. The van der Waals surface area contributed by atoms with Crippen molar-refractivity contribution < 1.29 is 0 Å². The van der Waals surface area contributed by atoms with Gasteiger partial charge in [0.25, 0.3) is 0 Å². The fourth-order valence-electron chi connectivity index (χ4n) is 2.31. The number of thiophene rings is 1. The molecule has 0 amide bonds. The van der Waals surface area contributed by atoms with Crippen LogP contribution in [0.5, 0.6) is 0 Å². The van der Waals surface area contributed by atoms with E-state index >= 15 is 0 Å². The fourth-order valence-corrected chi connectivity index (χ4v) is 2.99. The summed E-state index contributed by atoms with van der Waals surface area (Å²) >= 11 is 1.84. The first-order valence-corrected chi connectivity index (χ1v) is 7.11. The van der Waals surface area contributed by atoms with Crippen LogP contribution in [-0.2, 0) is 6.54 Å². The summed E-state index contributed by atoms with van der Waals surface area (Å²) in [5.41, 5.74) is 0. The van der Waals surface area contributed by atoms with Crippen LogP contribution in [-0.4, -0.2) is 30.6 Å². The van der Waals surface area contributed by atoms with Gasteiger partial charge in [-0.2, -0.15) is 0 Å². The molecule has 1 aliphatic rings. The van der Waals surface area contributed by atoms with Gasteiger partial charge in [0.2, 0.25) is 0 Å². The molecular formula is C13H22N2S. The minimum atomic E-state index is 0.710. The highest BCUT2D eigenvalue weighted by atomic mass is 32.1. The van der Waals surface area contributed by atoms with Gasteiger partial charge in [-0.25, -0.2) is 0 Å². The number of rotatable bonds is 5. The fraction of sp³-hybridized carbons (Fsp3) is 0.692. The molecule has 2 heterocycles. The molecule has 0 saturated carbocycles. The molecule has 0 radical (unpaired) electrons. The van der Waals surface area contributed by atoms with Gasteiger partial charge in [-0.1, -0.05) is 6.07 Å². The van der Waals surface area contributed by atoms with Gasteiger partial charge in [-0.3, -0.25) is 0 Å². The predicted molar refractivity (Wildman–Crippen MR) is 70.8 cm³/mol. The zero-order valence-corrected chi connectivity index (χ0v) is 11.1. The Bertz CT molecular complexity index is 295. The lowest BCUT2D eigenvalue weighted by Crippen LogP contribution is -2.30. The Hall–Kier alpha value is -0.380. The average molecular weight is 238 g/mol. The second kappa shape index (κ2) is 5.80. The lowest BCUT2D eigenvalue weighted by molar-refractivity contribution is 0.264. The van der Waals surface area contributed by atoms with Gasteiger partial charge in [-0.05, 0) is 50.7 Å². The molecule has 0 bridgehead atoms. The highest BCUT2D eigenvalue weighted by molar-refractivity contribution is 7.09. The van der Waals surface area contributed by atoms with Gasteiger partial charge in [0.15, 0.2) is 0 Å². The summed E-state index contributed by atoms with van der Waals surface area (Å²) in [6.07, 6.45) is 1.36. The Morgan fingerprint density at radius 2 is 2.44 bits per heavy atom. The van der Waals surface area contributed by atoms with Gasteiger partial charge < -0.3 is 10.2 Å². The van der Waals surface area contributed by atoms with E-state index in [2.05, 4.69) is 41.6 Å². The Labute approximate surface area is 103 Å². The van der Waals surface area contributed by atoms with Crippen molar-refractivity contribution in [2.75, 3.05) is 19.6 Å². The van der Waals surface area contributed by atoms with Crippen molar-refractivity contribution in [3.05, 3.63) is 22.4 Å². The van der Waals surface area contributed by atoms with Crippen molar-refractivity contribution in [1.82, 2.24) is 10.2 Å². The number of nitrogens with one attached hydrogen (secondary N) is 1. The highest BCUT2D eigenvalue weighted by Gasteiger charge is 2.23. The van der Waals surface area contributed by atoms with Crippen LogP contribution in [0.15, 0.2) is 17.5 Å². The standard InChI is InChI=1S/C13H22N2S/c1-11(2)15-6-5-12(10-15)8-14-9-13-4-3-7-16-13/h3-4,7,11-12,14H,5-6,8-10H2,1-2H3. The molecule has 1 N–H and O–H groups in total. The van der Waals surface area contributed by atoms with E-state index in [1.54, 1.807) is 0 Å². The number of hydrogen-bond donors (Lipinski definition) is 1. The molecule has 2 nitrogen and oxygen atoms in total. The Kier molecular flexibility index (Phi) is 4.38. The molecule has 1 atom stereocenters. The maximum absolute atomic E-state index is 3.57. The van der Waals surface area contributed by atoms with Gasteiger partial charge in [0.05, 0.1) is 0 Å². The van der Waals surface area contributed by atoms with Crippen LogP contribution in [0.25, 0.3) is 0 Å². The topological polar surface area (TPSA) is 15.3 Å². The Morgan fingerprint density at radius 1 is 1.56 bits per heavy atom. The normalized spacial score (nSPS) is 22.1. The lowest BCUT2D eigenvalue weighted by atomic mass is 10.1. The van der Waals surface area contributed by atoms with E-state index in [0.717, 1.165) is 12.5 Å². The van der Waals surface area contributed by atoms with Crippen molar-refractivity contribution in [1.29, 1.82) is 0 Å². The largest absolute Gasteiger partial charge is 0.312 e. The molecule has 2 rings (SSSR count). The molecule has 0 aliphatic carbocycles. The predicted octanol–water partition coefficient (Wildman–Crippen LogP) is 2.57. The summed E-state index contributed by atoms with van der Waals surface area (Å²) < 4.78 is 0. The maximum Gasteiger partial charge on any atom is 0.0299 e. The molecule has 1 aromatic rings. The minimum Gasteiger partial charge on any atom is -0.312 e. The molecule has 1 fully saturated rings. The van der Waals surface area contributed by atoms with Gasteiger partial charge in [0.1, 0.15) is 0 Å². The molecule has 0 aromatic carbocycles. The summed E-state index contributed by atoms with van der Waals surface area (Å²) in [5, 5.41) is 5.72. The Morgan fingerprint density at radius 3 is 3.06 bits per heavy atom. The third-order valence-electron chi connectivity index (χ3n) is 3.36. The third kappa shape index (κ3) is 3.30. The lowest BCUT2D eigenvalue weighted by Gasteiger charge is -2.20. The second-order valence-corrected chi connectivity index (χ2v) is 5.99. The molecule has 3 heteroatoms. The molecule has 1 aromatic heterocycles. The van der Waals surface area contributed by atoms with Crippen molar-refractivity contribution in [2.24, 2.45) is 5.92 Å². The summed E-state index contributed by atoms with van der Waals surface area (Å²) in [6.45, 7) is 9.35. The van der Waals surface area contributed by atoms with Crippen LogP contribution >= 0.6 is 11.3 Å². The molecule has 90 valence electrons. The molecule has 16 heavy (non-hydrogen) atoms. The molecule has 1 unspecified atom stereocenters. The molecule has 1 aliphatic heterocycles.